The molecule has 1 aromatic carbocycles. The molecule has 1 aliphatic heterocycles. The lowest BCUT2D eigenvalue weighted by Crippen LogP contribution is -2.12. The van der Waals surface area contributed by atoms with Gasteiger partial charge in [-0.3, -0.25) is 9.59 Å². The smallest absolute Gasteiger partial charge is 0.296 e. The van der Waals surface area contributed by atoms with Crippen molar-refractivity contribution in [3.05, 3.63) is 47.9 Å². The second kappa shape index (κ2) is 4.34. The number of amides is 1. The highest BCUT2D eigenvalue weighted by molar-refractivity contribution is 7.98. The van der Waals surface area contributed by atoms with Crippen LogP contribution >= 0.6 is 11.8 Å². The number of furan rings is 1. The Morgan fingerprint density at radius 3 is 2.89 bits per heavy atom. The van der Waals surface area contributed by atoms with E-state index >= 15 is 0 Å². The molecule has 0 atom stereocenters. The average molecular weight is 259 g/mol. The maximum Gasteiger partial charge on any atom is 0.296 e. The van der Waals surface area contributed by atoms with Gasteiger partial charge in [-0.1, -0.05) is 0 Å². The number of thioether (sulfide) groups is 1. The summed E-state index contributed by atoms with van der Waals surface area (Å²) in [6.07, 6.45) is 1.64. The largest absolute Gasteiger partial charge is 0.468 e. The van der Waals surface area contributed by atoms with Crippen LogP contribution in [0, 0.1) is 0 Å². The number of ketones is 1. The zero-order valence-corrected chi connectivity index (χ0v) is 10.1. The summed E-state index contributed by atoms with van der Waals surface area (Å²) < 4.78 is 5.24. The third-order valence-corrected chi connectivity index (χ3v) is 3.67. The molecule has 0 unspecified atom stereocenters. The first-order valence-electron chi connectivity index (χ1n) is 5.39. The van der Waals surface area contributed by atoms with E-state index in [4.69, 9.17) is 4.42 Å². The molecule has 5 heteroatoms. The predicted molar refractivity (Wildman–Crippen MR) is 67.7 cm³/mol. The number of benzene rings is 1. The fraction of sp³-hybridized carbons (Fsp3) is 0.0769. The minimum atomic E-state index is -0.557. The highest BCUT2D eigenvalue weighted by atomic mass is 32.2. The Bertz CT molecular complexity index is 619. The average Bonchev–Trinajstić information content (AvgIpc) is 2.97. The fourth-order valence-electron chi connectivity index (χ4n) is 1.77. The molecule has 0 saturated carbocycles. The predicted octanol–water partition coefficient (Wildman–Crippen LogP) is 2.71. The Kier molecular flexibility index (Phi) is 2.68. The molecule has 0 saturated heterocycles. The van der Waals surface area contributed by atoms with Crippen LogP contribution in [0.25, 0.3) is 0 Å². The molecule has 3 rings (SSSR count). The van der Waals surface area contributed by atoms with E-state index in [-0.39, 0.29) is 0 Å². The summed E-state index contributed by atoms with van der Waals surface area (Å²) in [6.45, 7) is 0. The van der Waals surface area contributed by atoms with Crippen molar-refractivity contribution >= 4 is 29.1 Å². The van der Waals surface area contributed by atoms with Gasteiger partial charge in [0.1, 0.15) is 5.76 Å². The van der Waals surface area contributed by atoms with Crippen molar-refractivity contribution < 1.29 is 14.0 Å². The number of hydrogen-bond donors (Lipinski definition) is 1. The lowest BCUT2D eigenvalue weighted by atomic mass is 10.1. The van der Waals surface area contributed by atoms with Crippen molar-refractivity contribution in [3.8, 4) is 0 Å². The zero-order valence-electron chi connectivity index (χ0n) is 9.30. The summed E-state index contributed by atoms with van der Waals surface area (Å²) in [7, 11) is 0. The first-order chi connectivity index (χ1) is 8.74. The standard InChI is InChI=1S/C13H9NO3S/c15-12-10-4-3-9(6-11(10)14-13(12)16)18-7-8-2-1-5-17-8/h1-6H,7H2,(H,14,15,16). The van der Waals surface area contributed by atoms with Crippen molar-refractivity contribution in [2.75, 3.05) is 5.32 Å². The van der Waals surface area contributed by atoms with Crippen molar-refractivity contribution in [2.45, 2.75) is 10.6 Å². The van der Waals surface area contributed by atoms with Gasteiger partial charge in [-0.2, -0.15) is 0 Å². The van der Waals surface area contributed by atoms with E-state index in [9.17, 15) is 9.59 Å². The van der Waals surface area contributed by atoms with Crippen LogP contribution in [0.2, 0.25) is 0 Å². The van der Waals surface area contributed by atoms with Gasteiger partial charge in [-0.15, -0.1) is 11.8 Å². The van der Waals surface area contributed by atoms with E-state index in [0.717, 1.165) is 10.7 Å². The molecule has 1 aromatic heterocycles. The van der Waals surface area contributed by atoms with E-state index in [0.29, 0.717) is 17.0 Å². The van der Waals surface area contributed by atoms with Crippen molar-refractivity contribution in [2.24, 2.45) is 0 Å². The Labute approximate surface area is 107 Å². The van der Waals surface area contributed by atoms with E-state index in [1.165, 1.54) is 0 Å². The molecule has 2 heterocycles. The maximum absolute atomic E-state index is 11.4. The van der Waals surface area contributed by atoms with Crippen LogP contribution in [0.15, 0.2) is 45.9 Å². The van der Waals surface area contributed by atoms with E-state index in [1.807, 2.05) is 24.3 Å². The van der Waals surface area contributed by atoms with Gasteiger partial charge in [-0.05, 0) is 30.3 Å². The van der Waals surface area contributed by atoms with Crippen LogP contribution in [0.1, 0.15) is 16.1 Å². The van der Waals surface area contributed by atoms with Gasteiger partial charge in [-0.25, -0.2) is 0 Å². The highest BCUT2D eigenvalue weighted by Crippen LogP contribution is 2.30. The zero-order chi connectivity index (χ0) is 12.5. The van der Waals surface area contributed by atoms with Crippen molar-refractivity contribution in [1.29, 1.82) is 0 Å². The van der Waals surface area contributed by atoms with E-state index in [1.54, 1.807) is 24.1 Å². The molecule has 2 aromatic rings. The van der Waals surface area contributed by atoms with Gasteiger partial charge in [0, 0.05) is 4.90 Å². The number of fused-ring (bicyclic) bond motifs is 1. The minimum absolute atomic E-state index is 0.447. The Balaban J connectivity index is 1.78. The lowest BCUT2D eigenvalue weighted by Gasteiger charge is -2.02. The number of rotatable bonds is 3. The number of anilines is 1. The second-order valence-electron chi connectivity index (χ2n) is 3.86. The fourth-order valence-corrected chi connectivity index (χ4v) is 2.60. The Morgan fingerprint density at radius 1 is 1.22 bits per heavy atom. The van der Waals surface area contributed by atoms with Crippen molar-refractivity contribution in [3.63, 3.8) is 0 Å². The first kappa shape index (κ1) is 11.1. The topological polar surface area (TPSA) is 59.3 Å². The third-order valence-electron chi connectivity index (χ3n) is 2.65. The molecule has 1 N–H and O–H groups in total. The van der Waals surface area contributed by atoms with Crippen LogP contribution in [0.5, 0.6) is 0 Å². The van der Waals surface area contributed by atoms with Gasteiger partial charge < -0.3 is 9.73 Å². The molecule has 0 fully saturated rings. The Morgan fingerprint density at radius 2 is 2.11 bits per heavy atom. The number of Topliss-reactive ketones (excluding diaryl/α,β-unsaturated/α-hetero) is 1. The van der Waals surface area contributed by atoms with Crippen LogP contribution in [0.4, 0.5) is 5.69 Å². The third kappa shape index (κ3) is 1.93. The summed E-state index contributed by atoms with van der Waals surface area (Å²) in [6, 6.07) is 9.08. The van der Waals surface area contributed by atoms with Gasteiger partial charge in [0.25, 0.3) is 11.7 Å². The number of carbonyl (C=O) groups excluding carboxylic acids is 2. The van der Waals surface area contributed by atoms with Gasteiger partial charge in [0.2, 0.25) is 0 Å². The summed E-state index contributed by atoms with van der Waals surface area (Å²) in [4.78, 5) is 23.6. The molecule has 1 aliphatic rings. The number of nitrogens with one attached hydrogen (secondary N) is 1. The van der Waals surface area contributed by atoms with Gasteiger partial charge in [0.15, 0.2) is 0 Å². The summed E-state index contributed by atoms with van der Waals surface area (Å²) in [5.41, 5.74) is 1.04. The molecule has 1 amide bonds. The van der Waals surface area contributed by atoms with E-state index < -0.39 is 11.7 Å². The van der Waals surface area contributed by atoms with Gasteiger partial charge >= 0.3 is 0 Å². The lowest BCUT2D eigenvalue weighted by molar-refractivity contribution is -0.112. The minimum Gasteiger partial charge on any atom is -0.468 e. The number of hydrogen-bond acceptors (Lipinski definition) is 4. The summed E-state index contributed by atoms with van der Waals surface area (Å²) in [5.74, 6) is 0.583. The second-order valence-corrected chi connectivity index (χ2v) is 4.91. The Hall–Kier alpha value is -2.01. The highest BCUT2D eigenvalue weighted by Gasteiger charge is 2.27. The molecular weight excluding hydrogens is 250 g/mol. The van der Waals surface area contributed by atoms with Crippen LogP contribution in [0.3, 0.4) is 0 Å². The van der Waals surface area contributed by atoms with Crippen LogP contribution in [-0.2, 0) is 10.5 Å². The first-order valence-corrected chi connectivity index (χ1v) is 6.37. The summed E-state index contributed by atoms with van der Waals surface area (Å²) in [5, 5.41) is 2.56. The van der Waals surface area contributed by atoms with Gasteiger partial charge in [0.05, 0.1) is 23.3 Å². The molecular formula is C13H9NO3S. The SMILES string of the molecule is O=C1Nc2cc(SCc3ccco3)ccc2C1=O. The monoisotopic (exact) mass is 259 g/mol. The maximum atomic E-state index is 11.4. The van der Waals surface area contributed by atoms with Crippen LogP contribution < -0.4 is 5.32 Å². The molecule has 0 spiro atoms. The molecule has 0 aliphatic carbocycles. The van der Waals surface area contributed by atoms with Crippen molar-refractivity contribution in [1.82, 2.24) is 0 Å². The molecule has 18 heavy (non-hydrogen) atoms. The van der Waals surface area contributed by atoms with E-state index in [2.05, 4.69) is 5.32 Å². The molecule has 90 valence electrons. The summed E-state index contributed by atoms with van der Waals surface area (Å²) >= 11 is 1.59. The molecule has 4 nitrogen and oxygen atoms in total. The molecule has 0 radical (unpaired) electrons. The van der Waals surface area contributed by atoms with Crippen LogP contribution in [-0.4, -0.2) is 11.7 Å². The quantitative estimate of drug-likeness (QED) is 0.680. The molecule has 0 bridgehead atoms. The number of carbonyl (C=O) groups is 2. The normalized spacial score (nSPS) is 13.6.